The van der Waals surface area contributed by atoms with Crippen LogP contribution in [0, 0.1) is 0 Å². The highest BCUT2D eigenvalue weighted by atomic mass is 32.2. The number of hydrogen-bond donors (Lipinski definition) is 1. The van der Waals surface area contributed by atoms with E-state index in [0.717, 1.165) is 25.7 Å². The van der Waals surface area contributed by atoms with Crippen molar-refractivity contribution < 1.29 is 8.42 Å². The van der Waals surface area contributed by atoms with E-state index in [1.807, 2.05) is 0 Å². The van der Waals surface area contributed by atoms with E-state index in [1.165, 1.54) is 6.42 Å². The van der Waals surface area contributed by atoms with Crippen LogP contribution in [-0.2, 0) is 10.0 Å². The maximum atomic E-state index is 11.5. The Hall–Kier alpha value is -0.130. The molecule has 3 atom stereocenters. The summed E-state index contributed by atoms with van der Waals surface area (Å²) >= 11 is 0. The lowest BCUT2D eigenvalue weighted by atomic mass is 9.83. The van der Waals surface area contributed by atoms with Crippen LogP contribution in [0.25, 0.3) is 0 Å². The van der Waals surface area contributed by atoms with Gasteiger partial charge >= 0.3 is 0 Å². The molecule has 0 aliphatic carbocycles. The topological polar surface area (TPSA) is 63.4 Å². The molecule has 16 heavy (non-hydrogen) atoms. The summed E-state index contributed by atoms with van der Waals surface area (Å²) in [6.45, 7) is 4.39. The normalized spacial score (nSPS) is 36.6. The fourth-order valence-corrected chi connectivity index (χ4v) is 4.46. The van der Waals surface area contributed by atoms with Gasteiger partial charge in [0.1, 0.15) is 0 Å². The Balaban J connectivity index is 2.18. The average Bonchev–Trinajstić information content (AvgIpc) is 2.13. The van der Waals surface area contributed by atoms with Crippen molar-refractivity contribution in [2.75, 3.05) is 0 Å². The van der Waals surface area contributed by atoms with Crippen molar-refractivity contribution in [1.82, 2.24) is 4.90 Å². The zero-order chi connectivity index (χ0) is 11.9. The molecule has 0 amide bonds. The lowest BCUT2D eigenvalue weighted by Gasteiger charge is -2.50. The van der Waals surface area contributed by atoms with Crippen molar-refractivity contribution in [2.45, 2.75) is 69.3 Å². The summed E-state index contributed by atoms with van der Waals surface area (Å²) in [5, 5.41) is 4.98. The molecule has 0 radical (unpaired) electrons. The summed E-state index contributed by atoms with van der Waals surface area (Å²) in [6, 6.07) is 1.36. The summed E-state index contributed by atoms with van der Waals surface area (Å²) in [5.74, 6) is 0. The highest BCUT2D eigenvalue weighted by Gasteiger charge is 2.42. The first-order chi connectivity index (χ1) is 7.39. The van der Waals surface area contributed by atoms with Crippen molar-refractivity contribution in [3.8, 4) is 0 Å². The van der Waals surface area contributed by atoms with Crippen LogP contribution in [0.2, 0.25) is 0 Å². The molecular weight excluding hydrogens is 224 g/mol. The molecule has 1 unspecified atom stereocenters. The number of rotatable bonds is 2. The quantitative estimate of drug-likeness (QED) is 0.792. The van der Waals surface area contributed by atoms with Crippen molar-refractivity contribution in [3.63, 3.8) is 0 Å². The van der Waals surface area contributed by atoms with Crippen LogP contribution in [0.4, 0.5) is 0 Å². The molecule has 0 spiro atoms. The van der Waals surface area contributed by atoms with Gasteiger partial charge in [-0.1, -0.05) is 6.42 Å². The van der Waals surface area contributed by atoms with Crippen molar-refractivity contribution in [3.05, 3.63) is 0 Å². The van der Waals surface area contributed by atoms with E-state index in [0.29, 0.717) is 18.1 Å². The zero-order valence-electron chi connectivity index (χ0n) is 10.1. The third-order valence-corrected chi connectivity index (χ3v) is 5.36. The van der Waals surface area contributed by atoms with E-state index in [4.69, 9.17) is 5.14 Å². The van der Waals surface area contributed by atoms with Gasteiger partial charge in [0.15, 0.2) is 0 Å². The maximum absolute atomic E-state index is 11.5. The number of piperidine rings is 2. The molecule has 2 bridgehead atoms. The average molecular weight is 246 g/mol. The second kappa shape index (κ2) is 4.27. The van der Waals surface area contributed by atoms with Crippen LogP contribution < -0.4 is 5.14 Å². The lowest BCUT2D eigenvalue weighted by Crippen LogP contribution is -2.57. The van der Waals surface area contributed by atoms with Crippen molar-refractivity contribution in [2.24, 2.45) is 5.14 Å². The second-order valence-corrected chi connectivity index (χ2v) is 7.31. The van der Waals surface area contributed by atoms with Gasteiger partial charge < -0.3 is 0 Å². The van der Waals surface area contributed by atoms with Gasteiger partial charge in [0.25, 0.3) is 0 Å². The first-order valence-corrected chi connectivity index (χ1v) is 7.79. The smallest absolute Gasteiger partial charge is 0.212 e. The van der Waals surface area contributed by atoms with Crippen LogP contribution in [0.3, 0.4) is 0 Å². The van der Waals surface area contributed by atoms with Crippen LogP contribution in [0.15, 0.2) is 0 Å². The Kier molecular flexibility index (Phi) is 3.29. The van der Waals surface area contributed by atoms with Crippen LogP contribution in [-0.4, -0.2) is 36.7 Å². The standard InChI is InChI=1S/C11H22N2O2S/c1-8(2)13-9-4-3-5-10(13)7-11(6-9)16(12,14)15/h8-11H,3-7H2,1-2H3,(H2,12,14,15)/t9-,10+,11?. The zero-order valence-corrected chi connectivity index (χ0v) is 10.9. The van der Waals surface area contributed by atoms with Gasteiger partial charge in [-0.15, -0.1) is 0 Å². The van der Waals surface area contributed by atoms with E-state index < -0.39 is 10.0 Å². The number of nitrogens with two attached hydrogens (primary N) is 1. The van der Waals surface area contributed by atoms with Gasteiger partial charge in [0, 0.05) is 18.1 Å². The van der Waals surface area contributed by atoms with E-state index in [1.54, 1.807) is 0 Å². The third kappa shape index (κ3) is 2.26. The van der Waals surface area contributed by atoms with Gasteiger partial charge in [-0.3, -0.25) is 4.90 Å². The Morgan fingerprint density at radius 3 is 2.06 bits per heavy atom. The van der Waals surface area contributed by atoms with Crippen LogP contribution in [0.1, 0.15) is 46.0 Å². The number of primary sulfonamides is 1. The Bertz CT molecular complexity index is 339. The molecule has 2 aliphatic heterocycles. The second-order valence-electron chi connectivity index (χ2n) is 5.46. The Morgan fingerprint density at radius 1 is 1.19 bits per heavy atom. The highest BCUT2D eigenvalue weighted by Crippen LogP contribution is 2.37. The van der Waals surface area contributed by atoms with Crippen molar-refractivity contribution in [1.29, 1.82) is 0 Å². The summed E-state index contributed by atoms with van der Waals surface area (Å²) in [5.41, 5.74) is 0. The minimum absolute atomic E-state index is 0.308. The first-order valence-electron chi connectivity index (χ1n) is 6.18. The SMILES string of the molecule is CC(C)N1[C@@H]2CCC[C@H]1CC(S(N)(=O)=O)C2. The molecule has 2 fully saturated rings. The summed E-state index contributed by atoms with van der Waals surface area (Å²) in [4.78, 5) is 2.51. The van der Waals surface area contributed by atoms with Crippen molar-refractivity contribution >= 4 is 10.0 Å². The van der Waals surface area contributed by atoms with E-state index in [2.05, 4.69) is 18.7 Å². The van der Waals surface area contributed by atoms with Gasteiger partial charge in [-0.2, -0.15) is 0 Å². The van der Waals surface area contributed by atoms with E-state index in [9.17, 15) is 8.42 Å². The van der Waals surface area contributed by atoms with Gasteiger partial charge in [-0.05, 0) is 39.5 Å². The minimum Gasteiger partial charge on any atom is -0.295 e. The molecule has 94 valence electrons. The Morgan fingerprint density at radius 2 is 1.69 bits per heavy atom. The number of hydrogen-bond acceptors (Lipinski definition) is 3. The molecule has 2 saturated heterocycles. The largest absolute Gasteiger partial charge is 0.295 e. The molecule has 0 aromatic carbocycles. The fraction of sp³-hybridized carbons (Fsp3) is 1.00. The summed E-state index contributed by atoms with van der Waals surface area (Å²) in [7, 11) is -3.34. The molecule has 0 saturated carbocycles. The number of nitrogens with zero attached hydrogens (tertiary/aromatic N) is 1. The van der Waals surface area contributed by atoms with Gasteiger partial charge in [-0.25, -0.2) is 13.6 Å². The molecule has 2 aliphatic rings. The molecule has 0 aromatic rings. The number of fused-ring (bicyclic) bond motifs is 2. The molecule has 5 heteroatoms. The Labute approximate surface area is 98.2 Å². The predicted molar refractivity (Wildman–Crippen MR) is 64.5 cm³/mol. The van der Waals surface area contributed by atoms with Gasteiger partial charge in [0.05, 0.1) is 5.25 Å². The molecule has 2 N–H and O–H groups in total. The van der Waals surface area contributed by atoms with E-state index in [-0.39, 0.29) is 5.25 Å². The van der Waals surface area contributed by atoms with Gasteiger partial charge in [0.2, 0.25) is 10.0 Å². The minimum atomic E-state index is -3.34. The highest BCUT2D eigenvalue weighted by molar-refractivity contribution is 7.89. The predicted octanol–water partition coefficient (Wildman–Crippen LogP) is 1.07. The van der Waals surface area contributed by atoms with Crippen LogP contribution >= 0.6 is 0 Å². The summed E-state index contributed by atoms with van der Waals surface area (Å²) < 4.78 is 22.9. The molecular formula is C11H22N2O2S. The molecule has 4 nitrogen and oxygen atoms in total. The molecule has 0 aromatic heterocycles. The number of sulfonamides is 1. The lowest BCUT2D eigenvalue weighted by molar-refractivity contribution is 0.0155. The molecule has 2 rings (SSSR count). The first kappa shape index (κ1) is 12.3. The summed E-state index contributed by atoms with van der Waals surface area (Å²) in [6.07, 6.45) is 4.94. The third-order valence-electron chi connectivity index (χ3n) is 4.05. The molecule has 2 heterocycles. The van der Waals surface area contributed by atoms with E-state index >= 15 is 0 Å². The monoisotopic (exact) mass is 246 g/mol. The van der Waals surface area contributed by atoms with Crippen LogP contribution in [0.5, 0.6) is 0 Å². The fourth-order valence-electron chi connectivity index (χ4n) is 3.48. The maximum Gasteiger partial charge on any atom is 0.212 e.